The molecular formula is C15H17N3O. The molecule has 0 saturated heterocycles. The van der Waals surface area contributed by atoms with Gasteiger partial charge in [-0.05, 0) is 19.4 Å². The predicted molar refractivity (Wildman–Crippen MR) is 76.0 cm³/mol. The highest BCUT2D eigenvalue weighted by atomic mass is 16.3. The smallest absolute Gasteiger partial charge is 0.103 e. The topological polar surface area (TPSA) is 60.1 Å². The number of pyridine rings is 1. The maximum atomic E-state index is 9.28. The first-order valence-electron chi connectivity index (χ1n) is 6.45. The van der Waals surface area contributed by atoms with Crippen molar-refractivity contribution in [1.82, 2.24) is 4.98 Å². The molecule has 0 fully saturated rings. The van der Waals surface area contributed by atoms with Crippen LogP contribution in [0.2, 0.25) is 0 Å². The van der Waals surface area contributed by atoms with E-state index in [0.717, 1.165) is 29.7 Å². The lowest BCUT2D eigenvalue weighted by molar-refractivity contribution is 0.289. The third-order valence-corrected chi connectivity index (χ3v) is 3.15. The molecule has 0 saturated carbocycles. The van der Waals surface area contributed by atoms with Gasteiger partial charge in [0.15, 0.2) is 0 Å². The minimum atomic E-state index is 0.154. The number of aliphatic hydroxyl groups excluding tert-OH is 1. The van der Waals surface area contributed by atoms with Crippen LogP contribution in [0.3, 0.4) is 0 Å². The molecule has 1 N–H and O–H groups in total. The van der Waals surface area contributed by atoms with Crippen molar-refractivity contribution in [2.45, 2.75) is 13.3 Å². The third-order valence-electron chi connectivity index (χ3n) is 3.15. The maximum Gasteiger partial charge on any atom is 0.103 e. The monoisotopic (exact) mass is 255 g/mol. The van der Waals surface area contributed by atoms with Crippen LogP contribution in [-0.2, 0) is 0 Å². The Balaban J connectivity index is 2.57. The van der Waals surface area contributed by atoms with Crippen LogP contribution < -0.4 is 4.90 Å². The van der Waals surface area contributed by atoms with Crippen LogP contribution in [0.15, 0.2) is 30.5 Å². The van der Waals surface area contributed by atoms with Gasteiger partial charge < -0.3 is 10.0 Å². The standard InChI is InChI=1S/C15H17N3O/c1-2-18(8-5-9-19)15-12(10-16)11-17-14-7-4-3-6-13(14)15/h3-4,6-7,11,19H,2,5,8-9H2,1H3. The van der Waals surface area contributed by atoms with Crippen molar-refractivity contribution < 1.29 is 5.11 Å². The zero-order chi connectivity index (χ0) is 13.7. The van der Waals surface area contributed by atoms with E-state index in [0.29, 0.717) is 12.0 Å². The van der Waals surface area contributed by atoms with Gasteiger partial charge in [0.1, 0.15) is 6.07 Å². The molecule has 0 amide bonds. The summed E-state index contributed by atoms with van der Waals surface area (Å²) >= 11 is 0. The van der Waals surface area contributed by atoms with Crippen molar-refractivity contribution in [2.75, 3.05) is 24.6 Å². The normalized spacial score (nSPS) is 10.4. The second-order valence-corrected chi connectivity index (χ2v) is 4.31. The summed E-state index contributed by atoms with van der Waals surface area (Å²) in [5.41, 5.74) is 2.39. The van der Waals surface area contributed by atoms with Crippen LogP contribution in [0.1, 0.15) is 18.9 Å². The number of aliphatic hydroxyl groups is 1. The average Bonchev–Trinajstić information content (AvgIpc) is 2.47. The minimum absolute atomic E-state index is 0.154. The summed E-state index contributed by atoms with van der Waals surface area (Å²) in [4.78, 5) is 6.43. The number of hydrogen-bond donors (Lipinski definition) is 1. The van der Waals surface area contributed by atoms with E-state index >= 15 is 0 Å². The quantitative estimate of drug-likeness (QED) is 0.890. The zero-order valence-electron chi connectivity index (χ0n) is 11.0. The molecule has 2 rings (SSSR count). The highest BCUT2D eigenvalue weighted by Gasteiger charge is 2.14. The van der Waals surface area contributed by atoms with Gasteiger partial charge in [-0.1, -0.05) is 18.2 Å². The summed E-state index contributed by atoms with van der Waals surface area (Å²) < 4.78 is 0. The summed E-state index contributed by atoms with van der Waals surface area (Å²) in [6, 6.07) is 10.0. The van der Waals surface area contributed by atoms with Gasteiger partial charge in [-0.25, -0.2) is 0 Å². The highest BCUT2D eigenvalue weighted by Crippen LogP contribution is 2.29. The summed E-state index contributed by atoms with van der Waals surface area (Å²) in [5, 5.41) is 19.3. The molecule has 19 heavy (non-hydrogen) atoms. The summed E-state index contributed by atoms with van der Waals surface area (Å²) in [6.07, 6.45) is 2.31. The lowest BCUT2D eigenvalue weighted by Crippen LogP contribution is -2.25. The fourth-order valence-electron chi connectivity index (χ4n) is 2.24. The molecule has 0 unspecified atom stereocenters. The Morgan fingerprint density at radius 1 is 1.37 bits per heavy atom. The number of anilines is 1. The Labute approximate surface area is 112 Å². The van der Waals surface area contributed by atoms with Crippen LogP contribution in [-0.4, -0.2) is 29.8 Å². The summed E-state index contributed by atoms with van der Waals surface area (Å²) in [7, 11) is 0. The van der Waals surface area contributed by atoms with Gasteiger partial charge in [-0.15, -0.1) is 0 Å². The van der Waals surface area contributed by atoms with Gasteiger partial charge in [0.2, 0.25) is 0 Å². The van der Waals surface area contributed by atoms with Crippen LogP contribution in [0.4, 0.5) is 5.69 Å². The number of nitriles is 1. The van der Waals surface area contributed by atoms with Crippen LogP contribution in [0.5, 0.6) is 0 Å². The molecule has 98 valence electrons. The van der Waals surface area contributed by atoms with Gasteiger partial charge in [0, 0.05) is 31.3 Å². The second-order valence-electron chi connectivity index (χ2n) is 4.31. The maximum absolute atomic E-state index is 9.28. The van der Waals surface area contributed by atoms with Crippen LogP contribution in [0.25, 0.3) is 10.9 Å². The Morgan fingerprint density at radius 3 is 2.84 bits per heavy atom. The minimum Gasteiger partial charge on any atom is -0.396 e. The predicted octanol–water partition coefficient (Wildman–Crippen LogP) is 2.32. The number of hydrogen-bond acceptors (Lipinski definition) is 4. The molecular weight excluding hydrogens is 238 g/mol. The first-order valence-corrected chi connectivity index (χ1v) is 6.45. The molecule has 0 radical (unpaired) electrons. The molecule has 0 atom stereocenters. The average molecular weight is 255 g/mol. The number of aromatic nitrogens is 1. The van der Waals surface area contributed by atoms with E-state index in [4.69, 9.17) is 5.11 Å². The molecule has 0 aliphatic rings. The van der Waals surface area contributed by atoms with Crippen molar-refractivity contribution in [1.29, 1.82) is 5.26 Å². The molecule has 1 aromatic carbocycles. The van der Waals surface area contributed by atoms with E-state index in [1.807, 2.05) is 31.2 Å². The Kier molecular flexibility index (Phi) is 4.32. The largest absolute Gasteiger partial charge is 0.396 e. The van der Waals surface area contributed by atoms with Gasteiger partial charge >= 0.3 is 0 Å². The first-order chi connectivity index (χ1) is 9.31. The number of rotatable bonds is 5. The van der Waals surface area contributed by atoms with E-state index in [1.54, 1.807) is 6.20 Å². The molecule has 4 heteroatoms. The van der Waals surface area contributed by atoms with Crippen molar-refractivity contribution in [3.63, 3.8) is 0 Å². The molecule has 0 aliphatic heterocycles. The third kappa shape index (κ3) is 2.67. The Bertz CT molecular complexity index is 604. The molecule has 1 aromatic heterocycles. The van der Waals surface area contributed by atoms with E-state index < -0.39 is 0 Å². The number of para-hydroxylation sites is 1. The Morgan fingerprint density at radius 2 is 2.16 bits per heavy atom. The summed E-state index contributed by atoms with van der Waals surface area (Å²) in [6.45, 7) is 3.73. The van der Waals surface area contributed by atoms with Gasteiger partial charge in [-0.2, -0.15) is 5.26 Å². The van der Waals surface area contributed by atoms with Gasteiger partial charge in [-0.3, -0.25) is 4.98 Å². The fourth-order valence-corrected chi connectivity index (χ4v) is 2.24. The van der Waals surface area contributed by atoms with Crippen molar-refractivity contribution in [3.8, 4) is 6.07 Å². The van der Waals surface area contributed by atoms with Crippen LogP contribution >= 0.6 is 0 Å². The second kappa shape index (κ2) is 6.17. The molecule has 1 heterocycles. The van der Waals surface area contributed by atoms with Crippen molar-refractivity contribution in [2.24, 2.45) is 0 Å². The first kappa shape index (κ1) is 13.3. The highest BCUT2D eigenvalue weighted by molar-refractivity contribution is 5.94. The number of nitrogens with zero attached hydrogens (tertiary/aromatic N) is 3. The molecule has 2 aromatic rings. The number of benzene rings is 1. The van der Waals surface area contributed by atoms with Gasteiger partial charge in [0.25, 0.3) is 0 Å². The fraction of sp³-hybridized carbons (Fsp3) is 0.333. The van der Waals surface area contributed by atoms with E-state index in [9.17, 15) is 5.26 Å². The number of fused-ring (bicyclic) bond motifs is 1. The molecule has 4 nitrogen and oxygen atoms in total. The van der Waals surface area contributed by atoms with Crippen LogP contribution in [0, 0.1) is 11.3 Å². The molecule has 0 spiro atoms. The lowest BCUT2D eigenvalue weighted by atomic mass is 10.1. The van der Waals surface area contributed by atoms with Crippen molar-refractivity contribution in [3.05, 3.63) is 36.0 Å². The Hall–Kier alpha value is -2.12. The van der Waals surface area contributed by atoms with E-state index in [2.05, 4.69) is 16.0 Å². The lowest BCUT2D eigenvalue weighted by Gasteiger charge is -2.25. The van der Waals surface area contributed by atoms with E-state index in [1.165, 1.54) is 0 Å². The molecule has 0 bridgehead atoms. The van der Waals surface area contributed by atoms with Crippen molar-refractivity contribution >= 4 is 16.6 Å². The zero-order valence-corrected chi connectivity index (χ0v) is 11.0. The van der Waals surface area contributed by atoms with E-state index in [-0.39, 0.29) is 6.61 Å². The SMILES string of the molecule is CCN(CCCO)c1c(C#N)cnc2ccccc12. The molecule has 0 aliphatic carbocycles. The summed E-state index contributed by atoms with van der Waals surface area (Å²) in [5.74, 6) is 0. The van der Waals surface area contributed by atoms with Gasteiger partial charge in [0.05, 0.1) is 16.8 Å².